The van der Waals surface area contributed by atoms with E-state index >= 15 is 0 Å². The summed E-state index contributed by atoms with van der Waals surface area (Å²) in [5, 5.41) is 4.25. The second-order valence-corrected chi connectivity index (χ2v) is 7.48. The molecule has 0 spiro atoms. The molecular formula is C9H10Cl2NO2PS. The van der Waals surface area contributed by atoms with Gasteiger partial charge in [0.2, 0.25) is 0 Å². The normalized spacial score (nSPS) is 29.6. The average Bonchev–Trinajstić information content (AvgIpc) is 2.62. The Morgan fingerprint density at radius 1 is 1.56 bits per heavy atom. The van der Waals surface area contributed by atoms with E-state index in [9.17, 15) is 0 Å². The molecule has 1 aromatic carbocycles. The van der Waals surface area contributed by atoms with E-state index in [-0.39, 0.29) is 6.10 Å². The molecule has 0 bridgehead atoms. The fraction of sp³-hybridized carbons (Fsp3) is 0.333. The summed E-state index contributed by atoms with van der Waals surface area (Å²) in [4.78, 5) is 0. The minimum atomic E-state index is -2.31. The van der Waals surface area contributed by atoms with Gasteiger partial charge in [-0.1, -0.05) is 29.3 Å². The summed E-state index contributed by atoms with van der Waals surface area (Å²) >= 11 is 17.1. The molecule has 2 unspecified atom stereocenters. The average molecular weight is 298 g/mol. The first-order valence-electron chi connectivity index (χ1n) is 4.58. The lowest BCUT2D eigenvalue weighted by Gasteiger charge is -2.14. The lowest BCUT2D eigenvalue weighted by Crippen LogP contribution is -2.07. The maximum Gasteiger partial charge on any atom is 0.261 e. The molecule has 1 heterocycles. The maximum absolute atomic E-state index is 6.09. The Bertz CT molecular complexity index is 457. The van der Waals surface area contributed by atoms with Crippen LogP contribution in [0.25, 0.3) is 0 Å². The van der Waals surface area contributed by atoms with Crippen molar-refractivity contribution < 1.29 is 9.05 Å². The van der Waals surface area contributed by atoms with Gasteiger partial charge >= 0.3 is 0 Å². The molecule has 2 rings (SSSR count). The largest absolute Gasteiger partial charge is 0.321 e. The number of nitrogens with one attached hydrogen (secondary N) is 1. The highest BCUT2D eigenvalue weighted by Crippen LogP contribution is 2.53. The lowest BCUT2D eigenvalue weighted by molar-refractivity contribution is 0.233. The Morgan fingerprint density at radius 2 is 2.31 bits per heavy atom. The van der Waals surface area contributed by atoms with Gasteiger partial charge in [0.15, 0.2) is 0 Å². The fourth-order valence-electron chi connectivity index (χ4n) is 1.47. The summed E-state index contributed by atoms with van der Waals surface area (Å²) < 4.78 is 10.8. The molecule has 88 valence electrons. The number of benzene rings is 1. The molecule has 2 atom stereocenters. The Kier molecular flexibility index (Phi) is 3.92. The summed E-state index contributed by atoms with van der Waals surface area (Å²) in [6.45, 7) is -1.71. The van der Waals surface area contributed by atoms with Crippen LogP contribution in [-0.4, -0.2) is 13.7 Å². The molecule has 1 fully saturated rings. The van der Waals surface area contributed by atoms with Gasteiger partial charge in [-0.05, 0) is 23.9 Å². The van der Waals surface area contributed by atoms with E-state index in [0.717, 1.165) is 5.56 Å². The van der Waals surface area contributed by atoms with E-state index in [0.29, 0.717) is 16.6 Å². The van der Waals surface area contributed by atoms with Crippen LogP contribution in [0.3, 0.4) is 0 Å². The summed E-state index contributed by atoms with van der Waals surface area (Å²) in [6, 6.07) is 5.31. The van der Waals surface area contributed by atoms with Crippen molar-refractivity contribution in [2.75, 3.05) is 13.7 Å². The molecule has 1 aliphatic rings. The van der Waals surface area contributed by atoms with E-state index in [4.69, 9.17) is 44.1 Å². The summed E-state index contributed by atoms with van der Waals surface area (Å²) in [6.07, 6.45) is -0.171. The first kappa shape index (κ1) is 12.8. The van der Waals surface area contributed by atoms with Crippen LogP contribution < -0.4 is 5.09 Å². The van der Waals surface area contributed by atoms with Crippen molar-refractivity contribution in [1.82, 2.24) is 5.09 Å². The van der Waals surface area contributed by atoms with Gasteiger partial charge in [-0.15, -0.1) is 0 Å². The molecule has 16 heavy (non-hydrogen) atoms. The number of halogens is 2. The monoisotopic (exact) mass is 297 g/mol. The minimum Gasteiger partial charge on any atom is -0.321 e. The third kappa shape index (κ3) is 2.59. The molecule has 0 radical (unpaired) electrons. The van der Waals surface area contributed by atoms with Crippen LogP contribution in [0, 0.1) is 0 Å². The summed E-state index contributed by atoms with van der Waals surface area (Å²) in [5.74, 6) is 0. The second kappa shape index (κ2) is 4.91. The first-order chi connectivity index (χ1) is 7.54. The maximum atomic E-state index is 6.09. The highest BCUT2D eigenvalue weighted by molar-refractivity contribution is 8.09. The Hall–Kier alpha value is 0.330. The van der Waals surface area contributed by atoms with E-state index in [1.807, 2.05) is 6.07 Å². The molecule has 1 aromatic rings. The number of hydrogen-bond acceptors (Lipinski definition) is 3. The van der Waals surface area contributed by atoms with Gasteiger partial charge in [-0.25, -0.2) is 5.09 Å². The van der Waals surface area contributed by atoms with Gasteiger partial charge in [0.1, 0.15) is 6.10 Å². The topological polar surface area (TPSA) is 30.5 Å². The quantitative estimate of drug-likeness (QED) is 0.846. The third-order valence-corrected chi connectivity index (χ3v) is 5.52. The molecule has 0 aromatic heterocycles. The highest BCUT2D eigenvalue weighted by atomic mass is 35.5. The zero-order chi connectivity index (χ0) is 11.8. The Labute approximate surface area is 109 Å². The smallest absolute Gasteiger partial charge is 0.261 e. The Morgan fingerprint density at radius 3 is 2.88 bits per heavy atom. The minimum absolute atomic E-state index is 0.171. The van der Waals surface area contributed by atoms with E-state index in [1.165, 1.54) is 0 Å². The van der Waals surface area contributed by atoms with Gasteiger partial charge in [0.05, 0.1) is 0 Å². The first-order valence-corrected chi connectivity index (χ1v) is 7.98. The number of rotatable bonds is 2. The van der Waals surface area contributed by atoms with Crippen molar-refractivity contribution in [3.63, 3.8) is 0 Å². The highest BCUT2D eigenvalue weighted by Gasteiger charge is 2.33. The second-order valence-electron chi connectivity index (χ2n) is 3.30. The third-order valence-electron chi connectivity index (χ3n) is 2.29. The molecule has 1 aliphatic heterocycles. The number of hydrogen-bond donors (Lipinski definition) is 1. The zero-order valence-electron chi connectivity index (χ0n) is 8.44. The predicted molar refractivity (Wildman–Crippen MR) is 69.6 cm³/mol. The van der Waals surface area contributed by atoms with Crippen LogP contribution in [0.5, 0.6) is 0 Å². The van der Waals surface area contributed by atoms with Crippen LogP contribution >= 0.6 is 29.8 Å². The molecule has 3 nitrogen and oxygen atoms in total. The van der Waals surface area contributed by atoms with Crippen LogP contribution in [0.1, 0.15) is 11.7 Å². The van der Waals surface area contributed by atoms with E-state index in [2.05, 4.69) is 5.09 Å². The van der Waals surface area contributed by atoms with Crippen LogP contribution in [0.2, 0.25) is 10.0 Å². The van der Waals surface area contributed by atoms with Crippen molar-refractivity contribution in [1.29, 1.82) is 0 Å². The molecule has 1 N–H and O–H groups in total. The molecule has 0 aliphatic carbocycles. The van der Waals surface area contributed by atoms with Crippen molar-refractivity contribution in [3.05, 3.63) is 33.8 Å². The van der Waals surface area contributed by atoms with E-state index < -0.39 is 6.64 Å². The zero-order valence-corrected chi connectivity index (χ0v) is 11.7. The van der Waals surface area contributed by atoms with Gasteiger partial charge in [-0.2, -0.15) is 0 Å². The van der Waals surface area contributed by atoms with Gasteiger partial charge in [-0.3, -0.25) is 0 Å². The lowest BCUT2D eigenvalue weighted by atomic mass is 10.1. The summed E-state index contributed by atoms with van der Waals surface area (Å²) in [5.41, 5.74) is 0.877. The molecule has 7 heteroatoms. The van der Waals surface area contributed by atoms with Gasteiger partial charge in [0.25, 0.3) is 6.64 Å². The SMILES string of the molecule is COP1(=S)NCC(c2ccc(Cl)cc2Cl)O1. The van der Waals surface area contributed by atoms with Crippen molar-refractivity contribution in [3.8, 4) is 0 Å². The van der Waals surface area contributed by atoms with Gasteiger partial charge in [0, 0.05) is 29.3 Å². The van der Waals surface area contributed by atoms with Crippen molar-refractivity contribution in [2.24, 2.45) is 0 Å². The van der Waals surface area contributed by atoms with Crippen molar-refractivity contribution >= 4 is 41.7 Å². The van der Waals surface area contributed by atoms with Gasteiger partial charge < -0.3 is 9.05 Å². The molecular weight excluding hydrogens is 288 g/mol. The van der Waals surface area contributed by atoms with Crippen LogP contribution in [0.15, 0.2) is 18.2 Å². The molecule has 0 amide bonds. The summed E-state index contributed by atoms with van der Waals surface area (Å²) in [7, 11) is 1.54. The van der Waals surface area contributed by atoms with Crippen LogP contribution in [0.4, 0.5) is 0 Å². The van der Waals surface area contributed by atoms with E-state index in [1.54, 1.807) is 19.2 Å². The molecule has 1 saturated heterocycles. The van der Waals surface area contributed by atoms with Crippen molar-refractivity contribution in [2.45, 2.75) is 6.10 Å². The molecule has 0 saturated carbocycles. The fourth-order valence-corrected chi connectivity index (χ4v) is 3.74. The predicted octanol–water partition coefficient (Wildman–Crippen LogP) is 3.53. The Balaban J connectivity index is 2.24. The van der Waals surface area contributed by atoms with Crippen LogP contribution in [-0.2, 0) is 20.9 Å². The standard InChI is InChI=1S/C9H10Cl2NO2PS/c1-13-15(16)12-5-9(14-15)7-3-2-6(10)4-8(7)11/h2-4,9H,5H2,1H3,(H,12,16).